The zero-order valence-electron chi connectivity index (χ0n) is 13.6. The molecule has 0 aliphatic rings. The number of anilines is 1. The summed E-state index contributed by atoms with van der Waals surface area (Å²) in [6.07, 6.45) is -0.0648. The second kappa shape index (κ2) is 8.83. The predicted molar refractivity (Wildman–Crippen MR) is 97.6 cm³/mol. The summed E-state index contributed by atoms with van der Waals surface area (Å²) in [7, 11) is 0. The Hall–Kier alpha value is -2.11. The summed E-state index contributed by atoms with van der Waals surface area (Å²) in [5.74, 6) is -0.980. The van der Waals surface area contributed by atoms with Gasteiger partial charge >= 0.3 is 0 Å². The maximum atomic E-state index is 13.5. The molecule has 0 radical (unpaired) electrons. The van der Waals surface area contributed by atoms with Gasteiger partial charge in [-0.25, -0.2) is 4.39 Å². The van der Waals surface area contributed by atoms with E-state index >= 15 is 0 Å². The minimum absolute atomic E-state index is 0.0648. The average molecular weight is 383 g/mol. The van der Waals surface area contributed by atoms with Gasteiger partial charge in [-0.05, 0) is 29.8 Å². The van der Waals surface area contributed by atoms with Crippen molar-refractivity contribution in [2.75, 3.05) is 18.0 Å². The van der Waals surface area contributed by atoms with Gasteiger partial charge in [0.25, 0.3) is 0 Å². The Balaban J connectivity index is 1.96. The third kappa shape index (κ3) is 5.44. The predicted octanol–water partition coefficient (Wildman–Crippen LogP) is 3.84. The van der Waals surface area contributed by atoms with Crippen molar-refractivity contribution in [3.63, 3.8) is 0 Å². The van der Waals surface area contributed by atoms with E-state index in [1.165, 1.54) is 17.9 Å². The number of amides is 2. The molecule has 2 aromatic rings. The van der Waals surface area contributed by atoms with Gasteiger partial charge in [-0.3, -0.25) is 9.59 Å². The Morgan fingerprint density at radius 1 is 1.16 bits per heavy atom. The highest BCUT2D eigenvalue weighted by molar-refractivity contribution is 6.35. The first-order valence-corrected chi connectivity index (χ1v) is 8.37. The van der Waals surface area contributed by atoms with Gasteiger partial charge in [0.15, 0.2) is 0 Å². The van der Waals surface area contributed by atoms with Crippen LogP contribution in [-0.2, 0) is 16.0 Å². The molecular formula is C18H17Cl2FN2O2. The smallest absolute Gasteiger partial charge is 0.224 e. The highest BCUT2D eigenvalue weighted by Crippen LogP contribution is 2.29. The van der Waals surface area contributed by atoms with E-state index < -0.39 is 5.82 Å². The zero-order valence-corrected chi connectivity index (χ0v) is 15.1. The van der Waals surface area contributed by atoms with Crippen LogP contribution in [0, 0.1) is 5.82 Å². The van der Waals surface area contributed by atoms with Gasteiger partial charge in [-0.1, -0.05) is 41.4 Å². The Labute approximate surface area is 155 Å². The van der Waals surface area contributed by atoms with E-state index in [0.29, 0.717) is 21.3 Å². The monoisotopic (exact) mass is 382 g/mol. The van der Waals surface area contributed by atoms with Gasteiger partial charge in [0.1, 0.15) is 5.82 Å². The number of rotatable bonds is 6. The lowest BCUT2D eigenvalue weighted by atomic mass is 10.1. The molecule has 0 aliphatic carbocycles. The molecule has 0 unspecified atom stereocenters. The largest absolute Gasteiger partial charge is 0.354 e. The first kappa shape index (κ1) is 19.2. The first-order chi connectivity index (χ1) is 11.9. The van der Waals surface area contributed by atoms with Crippen LogP contribution in [0.3, 0.4) is 0 Å². The van der Waals surface area contributed by atoms with Crippen molar-refractivity contribution in [1.29, 1.82) is 0 Å². The maximum absolute atomic E-state index is 13.5. The van der Waals surface area contributed by atoms with Crippen molar-refractivity contribution in [1.82, 2.24) is 5.32 Å². The van der Waals surface area contributed by atoms with Gasteiger partial charge in [0.05, 0.1) is 17.1 Å². The van der Waals surface area contributed by atoms with E-state index in [4.69, 9.17) is 23.2 Å². The Morgan fingerprint density at radius 3 is 2.56 bits per heavy atom. The molecule has 4 nitrogen and oxygen atoms in total. The van der Waals surface area contributed by atoms with Gasteiger partial charge in [0, 0.05) is 25.0 Å². The molecular weight excluding hydrogens is 366 g/mol. The van der Waals surface area contributed by atoms with Crippen molar-refractivity contribution in [3.05, 3.63) is 63.9 Å². The van der Waals surface area contributed by atoms with E-state index in [1.54, 1.807) is 36.4 Å². The minimum Gasteiger partial charge on any atom is -0.354 e. The van der Waals surface area contributed by atoms with Crippen LogP contribution in [0.5, 0.6) is 0 Å². The van der Waals surface area contributed by atoms with Gasteiger partial charge in [0.2, 0.25) is 11.8 Å². The summed E-state index contributed by atoms with van der Waals surface area (Å²) >= 11 is 12.1. The third-order valence-corrected chi connectivity index (χ3v) is 4.10. The topological polar surface area (TPSA) is 49.4 Å². The lowest BCUT2D eigenvalue weighted by Crippen LogP contribution is -2.38. The second-order valence-corrected chi connectivity index (χ2v) is 6.23. The molecule has 0 fully saturated rings. The standard InChI is InChI=1S/C18H17Cl2FN2O2/c1-12(24)23(17-11-14(19)6-7-15(17)20)9-8-22-18(25)10-13-4-2-3-5-16(13)21/h2-7,11H,8-10H2,1H3,(H,22,25). The summed E-state index contributed by atoms with van der Waals surface area (Å²) in [4.78, 5) is 25.3. The van der Waals surface area contributed by atoms with Crippen LogP contribution in [0.25, 0.3) is 0 Å². The highest BCUT2D eigenvalue weighted by atomic mass is 35.5. The quantitative estimate of drug-likeness (QED) is 0.824. The second-order valence-electron chi connectivity index (χ2n) is 5.38. The number of nitrogens with zero attached hydrogens (tertiary/aromatic N) is 1. The zero-order chi connectivity index (χ0) is 18.4. The van der Waals surface area contributed by atoms with Crippen molar-refractivity contribution in [3.8, 4) is 0 Å². The van der Waals surface area contributed by atoms with Crippen molar-refractivity contribution in [2.45, 2.75) is 13.3 Å². The summed E-state index contributed by atoms with van der Waals surface area (Å²) in [6, 6.07) is 10.9. The number of benzene rings is 2. The Morgan fingerprint density at radius 2 is 1.88 bits per heavy atom. The van der Waals surface area contributed by atoms with Crippen molar-refractivity contribution >= 4 is 40.7 Å². The number of halogens is 3. The summed E-state index contributed by atoms with van der Waals surface area (Å²) in [5, 5.41) is 3.51. The van der Waals surface area contributed by atoms with Gasteiger partial charge in [-0.15, -0.1) is 0 Å². The van der Waals surface area contributed by atoms with E-state index in [9.17, 15) is 14.0 Å². The molecule has 2 rings (SSSR count). The summed E-state index contributed by atoms with van der Waals surface area (Å²) < 4.78 is 13.5. The average Bonchev–Trinajstić information content (AvgIpc) is 2.56. The van der Waals surface area contributed by atoms with Gasteiger partial charge < -0.3 is 10.2 Å². The number of carbonyl (C=O) groups excluding carboxylic acids is 2. The van der Waals surface area contributed by atoms with Crippen LogP contribution in [-0.4, -0.2) is 24.9 Å². The number of hydrogen-bond donors (Lipinski definition) is 1. The fourth-order valence-corrected chi connectivity index (χ4v) is 2.71. The number of carbonyl (C=O) groups is 2. The van der Waals surface area contributed by atoms with Crippen LogP contribution < -0.4 is 10.2 Å². The summed E-state index contributed by atoms with van der Waals surface area (Å²) in [5.41, 5.74) is 0.798. The molecule has 0 saturated carbocycles. The number of nitrogens with one attached hydrogen (secondary N) is 1. The SMILES string of the molecule is CC(=O)N(CCNC(=O)Cc1ccccc1F)c1cc(Cl)ccc1Cl. The van der Waals surface area contributed by atoms with Gasteiger partial charge in [-0.2, -0.15) is 0 Å². The molecule has 2 aromatic carbocycles. The van der Waals surface area contributed by atoms with E-state index in [0.717, 1.165) is 0 Å². The molecule has 0 atom stereocenters. The molecule has 0 aromatic heterocycles. The Bertz CT molecular complexity index is 783. The van der Waals surface area contributed by atoms with Crippen LogP contribution in [0.2, 0.25) is 10.0 Å². The molecule has 7 heteroatoms. The number of hydrogen-bond acceptors (Lipinski definition) is 2. The fraction of sp³-hybridized carbons (Fsp3) is 0.222. The molecule has 25 heavy (non-hydrogen) atoms. The normalized spacial score (nSPS) is 10.4. The summed E-state index contributed by atoms with van der Waals surface area (Å²) in [6.45, 7) is 1.83. The van der Waals surface area contributed by atoms with Crippen LogP contribution in [0.4, 0.5) is 10.1 Å². The molecule has 0 saturated heterocycles. The van der Waals surface area contributed by atoms with Crippen LogP contribution in [0.1, 0.15) is 12.5 Å². The third-order valence-electron chi connectivity index (χ3n) is 3.55. The van der Waals surface area contributed by atoms with Crippen molar-refractivity contribution in [2.24, 2.45) is 0 Å². The Kier molecular flexibility index (Phi) is 6.79. The fourth-order valence-electron chi connectivity index (χ4n) is 2.32. The lowest BCUT2D eigenvalue weighted by molar-refractivity contribution is -0.121. The van der Waals surface area contributed by atoms with Crippen LogP contribution >= 0.6 is 23.2 Å². The van der Waals surface area contributed by atoms with Crippen molar-refractivity contribution < 1.29 is 14.0 Å². The molecule has 0 bridgehead atoms. The van der Waals surface area contributed by atoms with E-state index in [-0.39, 0.29) is 31.3 Å². The molecule has 0 heterocycles. The minimum atomic E-state index is -0.422. The highest BCUT2D eigenvalue weighted by Gasteiger charge is 2.16. The molecule has 0 spiro atoms. The lowest BCUT2D eigenvalue weighted by Gasteiger charge is -2.22. The van der Waals surface area contributed by atoms with Crippen LogP contribution in [0.15, 0.2) is 42.5 Å². The van der Waals surface area contributed by atoms with E-state index in [1.807, 2.05) is 0 Å². The van der Waals surface area contributed by atoms with E-state index in [2.05, 4.69) is 5.32 Å². The first-order valence-electron chi connectivity index (χ1n) is 7.61. The maximum Gasteiger partial charge on any atom is 0.224 e. The molecule has 2 amide bonds. The molecule has 132 valence electrons. The molecule has 1 N–H and O–H groups in total. The molecule has 0 aliphatic heterocycles.